The van der Waals surface area contributed by atoms with Crippen molar-refractivity contribution in [2.75, 3.05) is 6.61 Å². The summed E-state index contributed by atoms with van der Waals surface area (Å²) < 4.78 is 2.63. The van der Waals surface area contributed by atoms with Gasteiger partial charge < -0.3 is 14.2 Å². The highest BCUT2D eigenvalue weighted by molar-refractivity contribution is 5.36. The Balaban J connectivity index is 2.25. The molecule has 2 rings (SSSR count). The Morgan fingerprint density at radius 2 is 1.80 bits per heavy atom. The van der Waals surface area contributed by atoms with Crippen molar-refractivity contribution in [1.82, 2.24) is 9.13 Å². The predicted octanol–water partition coefficient (Wildman–Crippen LogP) is -0.0609. The van der Waals surface area contributed by atoms with Gasteiger partial charge in [0.2, 0.25) is 0 Å². The quantitative estimate of drug-likeness (QED) is 0.614. The van der Waals surface area contributed by atoms with E-state index in [1.165, 1.54) is 9.13 Å². The Hall–Kier alpha value is -2.58. The lowest BCUT2D eigenvalue weighted by Crippen LogP contribution is -2.39. The summed E-state index contributed by atoms with van der Waals surface area (Å²) in [5, 5.41) is 8.61. The second kappa shape index (κ2) is 6.04. The van der Waals surface area contributed by atoms with Crippen LogP contribution in [-0.2, 0) is 13.6 Å². The minimum absolute atomic E-state index is 0.176. The molecule has 0 radical (unpaired) electrons. The molecule has 20 heavy (non-hydrogen) atoms. The SMILES string of the molecule is Cn1ccn(Cc2ccc(C#CCO)cc2)c(=O)c1=O. The van der Waals surface area contributed by atoms with Gasteiger partial charge in [0, 0.05) is 25.0 Å². The van der Waals surface area contributed by atoms with Gasteiger partial charge in [0.1, 0.15) is 6.61 Å². The topological polar surface area (TPSA) is 64.2 Å². The van der Waals surface area contributed by atoms with Crippen LogP contribution in [-0.4, -0.2) is 20.8 Å². The maximum absolute atomic E-state index is 11.8. The number of aromatic nitrogens is 2. The Kier molecular flexibility index (Phi) is 4.18. The second-order valence-electron chi connectivity index (χ2n) is 4.30. The van der Waals surface area contributed by atoms with Crippen LogP contribution >= 0.6 is 0 Å². The summed E-state index contributed by atoms with van der Waals surface area (Å²) in [4.78, 5) is 23.3. The molecule has 0 aliphatic heterocycles. The van der Waals surface area contributed by atoms with E-state index in [1.54, 1.807) is 19.4 Å². The van der Waals surface area contributed by atoms with E-state index in [-0.39, 0.29) is 6.61 Å². The van der Waals surface area contributed by atoms with Gasteiger partial charge in [0.15, 0.2) is 0 Å². The van der Waals surface area contributed by atoms with E-state index in [1.807, 2.05) is 24.3 Å². The molecule has 0 amide bonds. The molecule has 2 aromatic rings. The Morgan fingerprint density at radius 1 is 1.10 bits per heavy atom. The molecule has 0 saturated carbocycles. The number of nitrogens with zero attached hydrogens (tertiary/aromatic N) is 2. The first-order valence-corrected chi connectivity index (χ1v) is 6.06. The average molecular weight is 270 g/mol. The number of aryl methyl sites for hydroxylation is 1. The molecule has 0 aliphatic carbocycles. The summed E-state index contributed by atoms with van der Waals surface area (Å²) in [6, 6.07) is 7.30. The lowest BCUT2D eigenvalue weighted by atomic mass is 10.1. The van der Waals surface area contributed by atoms with Crippen LogP contribution in [0.1, 0.15) is 11.1 Å². The van der Waals surface area contributed by atoms with Gasteiger partial charge in [-0.3, -0.25) is 9.59 Å². The Morgan fingerprint density at radius 3 is 2.45 bits per heavy atom. The largest absolute Gasteiger partial charge is 0.384 e. The van der Waals surface area contributed by atoms with Crippen LogP contribution in [0.25, 0.3) is 0 Å². The molecule has 0 spiro atoms. The number of hydrogen-bond acceptors (Lipinski definition) is 3. The first-order chi connectivity index (χ1) is 9.61. The van der Waals surface area contributed by atoms with Gasteiger partial charge in [0.25, 0.3) is 0 Å². The third-order valence-corrected chi connectivity index (χ3v) is 2.85. The van der Waals surface area contributed by atoms with Crippen molar-refractivity contribution in [3.8, 4) is 11.8 Å². The highest BCUT2D eigenvalue weighted by Gasteiger charge is 2.03. The van der Waals surface area contributed by atoms with Crippen molar-refractivity contribution in [2.45, 2.75) is 6.54 Å². The van der Waals surface area contributed by atoms with E-state index in [9.17, 15) is 9.59 Å². The molecule has 102 valence electrons. The van der Waals surface area contributed by atoms with Crippen molar-refractivity contribution in [1.29, 1.82) is 0 Å². The molecule has 5 heteroatoms. The zero-order valence-electron chi connectivity index (χ0n) is 11.0. The number of benzene rings is 1. The van der Waals surface area contributed by atoms with Crippen LogP contribution in [0.5, 0.6) is 0 Å². The fraction of sp³-hybridized carbons (Fsp3) is 0.200. The van der Waals surface area contributed by atoms with E-state index < -0.39 is 11.1 Å². The van der Waals surface area contributed by atoms with Crippen LogP contribution in [0, 0.1) is 11.8 Å². The number of aliphatic hydroxyl groups excluding tert-OH is 1. The fourth-order valence-corrected chi connectivity index (χ4v) is 1.75. The van der Waals surface area contributed by atoms with E-state index in [2.05, 4.69) is 11.8 Å². The molecule has 5 nitrogen and oxygen atoms in total. The third kappa shape index (κ3) is 3.05. The van der Waals surface area contributed by atoms with E-state index in [0.29, 0.717) is 6.54 Å². The summed E-state index contributed by atoms with van der Waals surface area (Å²) in [7, 11) is 1.54. The summed E-state index contributed by atoms with van der Waals surface area (Å²) in [5.74, 6) is 5.35. The van der Waals surface area contributed by atoms with Gasteiger partial charge in [0.05, 0.1) is 6.54 Å². The maximum atomic E-state index is 11.8. The van der Waals surface area contributed by atoms with Gasteiger partial charge in [-0.15, -0.1) is 0 Å². The minimum atomic E-state index is -0.544. The highest BCUT2D eigenvalue weighted by Crippen LogP contribution is 2.04. The van der Waals surface area contributed by atoms with Crippen molar-refractivity contribution in [2.24, 2.45) is 7.05 Å². The molecule has 1 N–H and O–H groups in total. The number of hydrogen-bond donors (Lipinski definition) is 1. The average Bonchev–Trinajstić information content (AvgIpc) is 2.47. The summed E-state index contributed by atoms with van der Waals surface area (Å²) in [6.45, 7) is 0.160. The predicted molar refractivity (Wildman–Crippen MR) is 75.5 cm³/mol. The molecule has 1 heterocycles. The van der Waals surface area contributed by atoms with Gasteiger partial charge in [-0.25, -0.2) is 0 Å². The first-order valence-electron chi connectivity index (χ1n) is 6.06. The first kappa shape index (κ1) is 13.8. The monoisotopic (exact) mass is 270 g/mol. The number of rotatable bonds is 2. The van der Waals surface area contributed by atoms with Crippen LogP contribution in [0.4, 0.5) is 0 Å². The summed E-state index contributed by atoms with van der Waals surface area (Å²) in [6.07, 6.45) is 3.15. The zero-order chi connectivity index (χ0) is 14.5. The van der Waals surface area contributed by atoms with Crippen LogP contribution < -0.4 is 11.1 Å². The minimum Gasteiger partial charge on any atom is -0.384 e. The molecule has 0 fully saturated rings. The highest BCUT2D eigenvalue weighted by atomic mass is 16.2. The van der Waals surface area contributed by atoms with Crippen LogP contribution in [0.15, 0.2) is 46.2 Å². The summed E-state index contributed by atoms with van der Waals surface area (Å²) in [5.41, 5.74) is 0.603. The van der Waals surface area contributed by atoms with Crippen molar-refractivity contribution in [3.63, 3.8) is 0 Å². The third-order valence-electron chi connectivity index (χ3n) is 2.85. The molecular weight excluding hydrogens is 256 g/mol. The zero-order valence-corrected chi connectivity index (χ0v) is 11.0. The smallest absolute Gasteiger partial charge is 0.316 e. The van der Waals surface area contributed by atoms with Crippen molar-refractivity contribution in [3.05, 3.63) is 68.5 Å². The van der Waals surface area contributed by atoms with Crippen molar-refractivity contribution < 1.29 is 5.11 Å². The second-order valence-corrected chi connectivity index (χ2v) is 4.30. The molecule has 0 saturated heterocycles. The van der Waals surface area contributed by atoms with Gasteiger partial charge in [-0.1, -0.05) is 24.0 Å². The van der Waals surface area contributed by atoms with Gasteiger partial charge in [-0.2, -0.15) is 0 Å². The van der Waals surface area contributed by atoms with E-state index in [4.69, 9.17) is 5.11 Å². The maximum Gasteiger partial charge on any atom is 0.316 e. The van der Waals surface area contributed by atoms with Crippen LogP contribution in [0.3, 0.4) is 0 Å². The molecule has 0 bridgehead atoms. The Labute approximate surface area is 115 Å². The molecule has 1 aromatic carbocycles. The van der Waals surface area contributed by atoms with Crippen molar-refractivity contribution >= 4 is 0 Å². The van der Waals surface area contributed by atoms with Gasteiger partial charge >= 0.3 is 11.1 Å². The standard InChI is InChI=1S/C15H14N2O3/c1-16-8-9-17(15(20)14(16)19)11-13-6-4-12(5-7-13)3-2-10-18/h4-9,18H,10-11H2,1H3. The summed E-state index contributed by atoms with van der Waals surface area (Å²) >= 11 is 0. The lowest BCUT2D eigenvalue weighted by Gasteiger charge is -2.06. The fourth-order valence-electron chi connectivity index (χ4n) is 1.75. The molecule has 0 atom stereocenters. The lowest BCUT2D eigenvalue weighted by molar-refractivity contribution is 0.350. The molecule has 0 aliphatic rings. The van der Waals surface area contributed by atoms with E-state index in [0.717, 1.165) is 11.1 Å². The molecule has 0 unspecified atom stereocenters. The van der Waals surface area contributed by atoms with E-state index >= 15 is 0 Å². The molecular formula is C15H14N2O3. The normalized spacial score (nSPS) is 9.90. The van der Waals surface area contributed by atoms with Crippen LogP contribution in [0.2, 0.25) is 0 Å². The van der Waals surface area contributed by atoms with Gasteiger partial charge in [-0.05, 0) is 17.7 Å². The Bertz CT molecular complexity index is 774. The number of aliphatic hydroxyl groups is 1. The molecule has 1 aromatic heterocycles.